The van der Waals surface area contributed by atoms with Gasteiger partial charge in [-0.1, -0.05) is 12.1 Å². The van der Waals surface area contributed by atoms with Gasteiger partial charge < -0.3 is 10.5 Å². The number of aromatic nitrogens is 1. The van der Waals surface area contributed by atoms with Crippen molar-refractivity contribution in [3.63, 3.8) is 0 Å². The maximum atomic E-state index is 5.99. The van der Waals surface area contributed by atoms with Gasteiger partial charge in [-0.2, -0.15) is 0 Å². The molecule has 0 aliphatic rings. The van der Waals surface area contributed by atoms with Gasteiger partial charge in [-0.3, -0.25) is 4.98 Å². The Kier molecular flexibility index (Phi) is 3.48. The van der Waals surface area contributed by atoms with E-state index in [1.165, 1.54) is 11.1 Å². The predicted octanol–water partition coefficient (Wildman–Crippen LogP) is 4.01. The maximum Gasteiger partial charge on any atom is 0.120 e. The highest BCUT2D eigenvalue weighted by Gasteiger charge is 2.06. The lowest BCUT2D eigenvalue weighted by atomic mass is 10.1. The molecule has 106 valence electrons. The molecule has 0 atom stereocenters. The number of aryl methyl sites for hydroxylation is 2. The summed E-state index contributed by atoms with van der Waals surface area (Å²) in [5.41, 5.74) is 11.2. The minimum absolute atomic E-state index is 0.482. The number of nitrogens with zero attached hydrogens (tertiary/aromatic N) is 1. The zero-order valence-corrected chi connectivity index (χ0v) is 12.3. The van der Waals surface area contributed by atoms with Crippen LogP contribution in [0.1, 0.15) is 16.7 Å². The maximum absolute atomic E-state index is 5.99. The summed E-state index contributed by atoms with van der Waals surface area (Å²) < 4.78 is 5.90. The van der Waals surface area contributed by atoms with E-state index in [0.717, 1.165) is 27.9 Å². The highest BCUT2D eigenvalue weighted by molar-refractivity contribution is 5.92. The molecule has 1 aromatic heterocycles. The summed E-state index contributed by atoms with van der Waals surface area (Å²) in [6, 6.07) is 13.9. The Morgan fingerprint density at radius 2 is 1.90 bits per heavy atom. The van der Waals surface area contributed by atoms with Crippen LogP contribution in [0, 0.1) is 13.8 Å². The molecule has 0 saturated heterocycles. The number of nitrogen functional groups attached to an aromatic ring is 1. The van der Waals surface area contributed by atoms with Crippen LogP contribution in [0.2, 0.25) is 0 Å². The average Bonchev–Trinajstić information content (AvgIpc) is 2.50. The van der Waals surface area contributed by atoms with Crippen LogP contribution < -0.4 is 10.5 Å². The van der Waals surface area contributed by atoms with Crippen LogP contribution in [0.25, 0.3) is 10.9 Å². The van der Waals surface area contributed by atoms with Crippen LogP contribution in [0.3, 0.4) is 0 Å². The quantitative estimate of drug-likeness (QED) is 0.736. The molecule has 0 fully saturated rings. The average molecular weight is 278 g/mol. The summed E-state index contributed by atoms with van der Waals surface area (Å²) in [7, 11) is 0. The molecule has 2 N–H and O–H groups in total. The SMILES string of the molecule is Cc1ccc(OCc2ccc(N)c3cccnc23)cc1C. The second kappa shape index (κ2) is 5.44. The number of rotatable bonds is 3. The third-order valence-electron chi connectivity index (χ3n) is 3.76. The van der Waals surface area contributed by atoms with Gasteiger partial charge in [0.1, 0.15) is 12.4 Å². The van der Waals surface area contributed by atoms with Crippen molar-refractivity contribution in [1.82, 2.24) is 4.98 Å². The van der Waals surface area contributed by atoms with Gasteiger partial charge in [0.2, 0.25) is 0 Å². The van der Waals surface area contributed by atoms with Crippen molar-refractivity contribution in [2.45, 2.75) is 20.5 Å². The second-order valence-electron chi connectivity index (χ2n) is 5.25. The Morgan fingerprint density at radius 1 is 1.05 bits per heavy atom. The third-order valence-corrected chi connectivity index (χ3v) is 3.76. The van der Waals surface area contributed by atoms with Crippen molar-refractivity contribution in [1.29, 1.82) is 0 Å². The molecule has 0 spiro atoms. The normalized spacial score (nSPS) is 10.8. The minimum Gasteiger partial charge on any atom is -0.489 e. The van der Waals surface area contributed by atoms with E-state index in [0.29, 0.717) is 6.61 Å². The van der Waals surface area contributed by atoms with Crippen LogP contribution in [0.5, 0.6) is 5.75 Å². The molecule has 0 aliphatic heterocycles. The number of ether oxygens (including phenoxy) is 1. The first-order chi connectivity index (χ1) is 10.1. The first-order valence-electron chi connectivity index (χ1n) is 6.97. The molecule has 0 radical (unpaired) electrons. The van der Waals surface area contributed by atoms with Gasteiger partial charge in [-0.15, -0.1) is 0 Å². The van der Waals surface area contributed by atoms with E-state index in [1.807, 2.05) is 30.3 Å². The molecular weight excluding hydrogens is 260 g/mol. The van der Waals surface area contributed by atoms with Crippen LogP contribution in [-0.4, -0.2) is 4.98 Å². The summed E-state index contributed by atoms with van der Waals surface area (Å²) in [4.78, 5) is 4.43. The Bertz CT molecular complexity index is 796. The third kappa shape index (κ3) is 2.68. The Labute approximate surface area is 124 Å². The summed E-state index contributed by atoms with van der Waals surface area (Å²) in [5.74, 6) is 0.874. The van der Waals surface area contributed by atoms with Gasteiger partial charge in [0.15, 0.2) is 0 Å². The van der Waals surface area contributed by atoms with Crippen LogP contribution in [0.4, 0.5) is 5.69 Å². The van der Waals surface area contributed by atoms with E-state index in [2.05, 4.69) is 31.0 Å². The van der Waals surface area contributed by atoms with Crippen LogP contribution in [-0.2, 0) is 6.61 Å². The number of hydrogen-bond donors (Lipinski definition) is 1. The zero-order chi connectivity index (χ0) is 14.8. The van der Waals surface area contributed by atoms with E-state index in [1.54, 1.807) is 6.20 Å². The molecule has 2 aromatic carbocycles. The van der Waals surface area contributed by atoms with Gasteiger partial charge in [0, 0.05) is 22.8 Å². The van der Waals surface area contributed by atoms with Gasteiger partial charge >= 0.3 is 0 Å². The molecule has 1 heterocycles. The largest absolute Gasteiger partial charge is 0.489 e. The Balaban J connectivity index is 1.88. The molecule has 3 rings (SSSR count). The standard InChI is InChI=1S/C18H18N2O/c1-12-5-7-15(10-13(12)2)21-11-14-6-8-17(19)16-4-3-9-20-18(14)16/h3-10H,11,19H2,1-2H3. The Hall–Kier alpha value is -2.55. The first-order valence-corrected chi connectivity index (χ1v) is 6.97. The minimum atomic E-state index is 0.482. The number of fused-ring (bicyclic) bond motifs is 1. The number of anilines is 1. The highest BCUT2D eigenvalue weighted by Crippen LogP contribution is 2.24. The summed E-state index contributed by atoms with van der Waals surface area (Å²) in [5, 5.41) is 0.971. The van der Waals surface area contributed by atoms with Gasteiger partial charge in [0.25, 0.3) is 0 Å². The molecule has 0 bridgehead atoms. The number of benzene rings is 2. The lowest BCUT2D eigenvalue weighted by Gasteiger charge is -2.11. The van der Waals surface area contributed by atoms with Crippen molar-refractivity contribution in [3.8, 4) is 5.75 Å². The fourth-order valence-electron chi connectivity index (χ4n) is 2.33. The fraction of sp³-hybridized carbons (Fsp3) is 0.167. The molecular formula is C18H18N2O. The fourth-order valence-corrected chi connectivity index (χ4v) is 2.33. The second-order valence-corrected chi connectivity index (χ2v) is 5.25. The van der Waals surface area contributed by atoms with E-state index >= 15 is 0 Å². The van der Waals surface area contributed by atoms with E-state index in [-0.39, 0.29) is 0 Å². The van der Waals surface area contributed by atoms with E-state index in [9.17, 15) is 0 Å². The number of nitrogens with two attached hydrogens (primary N) is 1. The Morgan fingerprint density at radius 3 is 2.71 bits per heavy atom. The van der Waals surface area contributed by atoms with Gasteiger partial charge in [0.05, 0.1) is 5.52 Å². The van der Waals surface area contributed by atoms with E-state index in [4.69, 9.17) is 10.5 Å². The molecule has 3 heteroatoms. The highest BCUT2D eigenvalue weighted by atomic mass is 16.5. The monoisotopic (exact) mass is 278 g/mol. The lowest BCUT2D eigenvalue weighted by molar-refractivity contribution is 0.307. The zero-order valence-electron chi connectivity index (χ0n) is 12.3. The van der Waals surface area contributed by atoms with Crippen molar-refractivity contribution >= 4 is 16.6 Å². The lowest BCUT2D eigenvalue weighted by Crippen LogP contribution is -1.99. The van der Waals surface area contributed by atoms with Crippen molar-refractivity contribution < 1.29 is 4.74 Å². The predicted molar refractivity (Wildman–Crippen MR) is 86.4 cm³/mol. The van der Waals surface area contributed by atoms with Gasteiger partial charge in [-0.05, 0) is 55.3 Å². The summed E-state index contributed by atoms with van der Waals surface area (Å²) in [6.07, 6.45) is 1.78. The number of pyridine rings is 1. The summed E-state index contributed by atoms with van der Waals surface area (Å²) in [6.45, 7) is 4.66. The summed E-state index contributed by atoms with van der Waals surface area (Å²) >= 11 is 0. The number of hydrogen-bond acceptors (Lipinski definition) is 3. The molecule has 21 heavy (non-hydrogen) atoms. The van der Waals surface area contributed by atoms with Crippen molar-refractivity contribution in [2.75, 3.05) is 5.73 Å². The topological polar surface area (TPSA) is 48.1 Å². The molecule has 0 aliphatic carbocycles. The van der Waals surface area contributed by atoms with Crippen molar-refractivity contribution in [3.05, 3.63) is 65.4 Å². The van der Waals surface area contributed by atoms with E-state index < -0.39 is 0 Å². The smallest absolute Gasteiger partial charge is 0.120 e. The first kappa shape index (κ1) is 13.4. The van der Waals surface area contributed by atoms with Crippen molar-refractivity contribution in [2.24, 2.45) is 0 Å². The van der Waals surface area contributed by atoms with Crippen LogP contribution in [0.15, 0.2) is 48.7 Å². The molecule has 0 amide bonds. The molecule has 0 saturated carbocycles. The van der Waals surface area contributed by atoms with Crippen LogP contribution >= 0.6 is 0 Å². The molecule has 0 unspecified atom stereocenters. The molecule has 3 nitrogen and oxygen atoms in total. The molecule has 3 aromatic rings. The van der Waals surface area contributed by atoms with Gasteiger partial charge in [-0.25, -0.2) is 0 Å².